The Labute approximate surface area is 277 Å². The van der Waals surface area contributed by atoms with Crippen LogP contribution in [-0.2, 0) is 18.9 Å². The highest BCUT2D eigenvalue weighted by Gasteiger charge is 2.84. The summed E-state index contributed by atoms with van der Waals surface area (Å²) in [7, 11) is 0. The van der Waals surface area contributed by atoms with Crippen LogP contribution in [0.3, 0.4) is 0 Å². The Morgan fingerprint density at radius 1 is 1.02 bits per heavy atom. The van der Waals surface area contributed by atoms with Crippen molar-refractivity contribution in [2.75, 3.05) is 32.8 Å². The van der Waals surface area contributed by atoms with Crippen LogP contribution in [0.15, 0.2) is 0 Å². The summed E-state index contributed by atoms with van der Waals surface area (Å²) < 4.78 is 25.9. The van der Waals surface area contributed by atoms with E-state index >= 15 is 0 Å². The molecule has 5 aliphatic carbocycles. The van der Waals surface area contributed by atoms with Gasteiger partial charge in [-0.15, -0.1) is 0 Å². The van der Waals surface area contributed by atoms with Gasteiger partial charge in [0.2, 0.25) is 0 Å². The summed E-state index contributed by atoms with van der Waals surface area (Å²) in [5.41, 5.74) is 0.614. The predicted molar refractivity (Wildman–Crippen MR) is 175 cm³/mol. The maximum atomic E-state index is 12.9. The molecule has 260 valence electrons. The smallest absolute Gasteiger partial charge is 0.410 e. The first-order valence-corrected chi connectivity index (χ1v) is 19.1. The number of amides is 1. The van der Waals surface area contributed by atoms with Crippen LogP contribution < -0.4 is 5.32 Å². The molecule has 8 heteroatoms. The molecule has 5 saturated carbocycles. The summed E-state index contributed by atoms with van der Waals surface area (Å²) >= 11 is 0. The number of aliphatic hydroxyl groups is 1. The molecule has 0 aromatic heterocycles. The molecule has 6 unspecified atom stereocenters. The Morgan fingerprint density at radius 2 is 1.76 bits per heavy atom. The fourth-order valence-electron chi connectivity index (χ4n) is 13.9. The first kappa shape index (κ1) is 32.3. The van der Waals surface area contributed by atoms with Crippen molar-refractivity contribution in [3.05, 3.63) is 0 Å². The molecular weight excluding hydrogens is 580 g/mol. The molecule has 2 N–H and O–H groups in total. The van der Waals surface area contributed by atoms with E-state index in [0.29, 0.717) is 34.5 Å². The van der Waals surface area contributed by atoms with Gasteiger partial charge in [-0.05, 0) is 109 Å². The topological polar surface area (TPSA) is 89.5 Å². The summed E-state index contributed by atoms with van der Waals surface area (Å²) in [6, 6.07) is 0. The predicted octanol–water partition coefficient (Wildman–Crippen LogP) is 6.00. The first-order valence-electron chi connectivity index (χ1n) is 19.1. The lowest BCUT2D eigenvalue weighted by molar-refractivity contribution is -0.237. The van der Waals surface area contributed by atoms with E-state index in [0.717, 1.165) is 52.0 Å². The van der Waals surface area contributed by atoms with Crippen molar-refractivity contribution >= 4 is 6.09 Å². The minimum Gasteiger partial charge on any atom is -0.443 e. The van der Waals surface area contributed by atoms with Gasteiger partial charge in [-0.25, -0.2) is 4.79 Å². The lowest BCUT2D eigenvalue weighted by Crippen LogP contribution is -2.60. The van der Waals surface area contributed by atoms with Crippen LogP contribution in [0.4, 0.5) is 4.79 Å². The Morgan fingerprint density at radius 3 is 2.43 bits per heavy atom. The second-order valence-corrected chi connectivity index (χ2v) is 18.6. The van der Waals surface area contributed by atoms with Crippen LogP contribution >= 0.6 is 0 Å². The second kappa shape index (κ2) is 10.8. The number of nitrogens with zero attached hydrogens (tertiary/aromatic N) is 1. The number of hydrogen-bond donors (Lipinski definition) is 2. The fourth-order valence-corrected chi connectivity index (χ4v) is 13.9. The van der Waals surface area contributed by atoms with E-state index in [4.69, 9.17) is 18.9 Å². The minimum absolute atomic E-state index is 0.0246. The first-order chi connectivity index (χ1) is 21.8. The third-order valence-corrected chi connectivity index (χ3v) is 16.3. The van der Waals surface area contributed by atoms with Gasteiger partial charge in [0.1, 0.15) is 6.10 Å². The van der Waals surface area contributed by atoms with E-state index in [1.54, 1.807) is 4.90 Å². The van der Waals surface area contributed by atoms with E-state index in [-0.39, 0.29) is 59.0 Å². The number of likely N-dealkylation sites (tertiary alicyclic amines) is 1. The highest BCUT2D eigenvalue weighted by molar-refractivity contribution is 5.68. The fraction of sp³-hybridized carbons (Fsp3) is 0.974. The van der Waals surface area contributed by atoms with E-state index in [1.807, 2.05) is 0 Å². The molecule has 3 aliphatic heterocycles. The Bertz CT molecular complexity index is 1200. The number of hydrogen-bond acceptors (Lipinski definition) is 7. The van der Waals surface area contributed by atoms with Gasteiger partial charge in [0.15, 0.2) is 6.29 Å². The minimum atomic E-state index is -0.508. The number of carbonyl (C=O) groups is 1. The monoisotopic (exact) mass is 642 g/mol. The average Bonchev–Trinajstić information content (AvgIpc) is 3.61. The summed E-state index contributed by atoms with van der Waals surface area (Å²) in [6.45, 7) is 20.6. The summed E-state index contributed by atoms with van der Waals surface area (Å²) in [5, 5.41) is 16.1. The normalized spacial score (nSPS) is 52.7. The van der Waals surface area contributed by atoms with Crippen LogP contribution in [-0.4, -0.2) is 85.7 Å². The van der Waals surface area contributed by atoms with Gasteiger partial charge in [-0.2, -0.15) is 0 Å². The Balaban J connectivity index is 1.04. The zero-order valence-corrected chi connectivity index (χ0v) is 29.7. The largest absolute Gasteiger partial charge is 0.443 e. The van der Waals surface area contributed by atoms with Gasteiger partial charge in [-0.1, -0.05) is 48.5 Å². The third kappa shape index (κ3) is 4.18. The molecule has 8 fully saturated rings. The van der Waals surface area contributed by atoms with Crippen molar-refractivity contribution in [1.82, 2.24) is 10.2 Å². The molecule has 0 aromatic rings. The maximum absolute atomic E-state index is 12.9. The molecule has 3 heterocycles. The molecule has 2 spiro atoms. The lowest BCUT2D eigenvalue weighted by Gasteiger charge is -2.63. The van der Waals surface area contributed by atoms with E-state index in [2.05, 4.69) is 53.8 Å². The summed E-state index contributed by atoms with van der Waals surface area (Å²) in [4.78, 5) is 14.7. The van der Waals surface area contributed by atoms with Crippen LogP contribution in [0.25, 0.3) is 0 Å². The quantitative estimate of drug-likeness (QED) is 0.381. The standard InChI is InChI=1S/C38H62N2O6/c1-22(2)30(46-33(42)40-16-8-17-40)24-19-23(3)29-31(44-24)32(41)36(7)26-10-9-25-34(4,5)27(45-28-20-39-15-18-43-28)11-12-37(25)21-38(26,37)14-13-35(29,36)6/h22-32,39,41H,8-21H2,1-7H3/t23-,24?,25+,26?,27+,28+,29+,30-,31?,32+,35?,36-,37?,38?/m1/s1. The third-order valence-electron chi connectivity index (χ3n) is 16.3. The average molecular weight is 643 g/mol. The number of ether oxygens (including phenoxy) is 4. The van der Waals surface area contributed by atoms with Crippen molar-refractivity contribution in [3.63, 3.8) is 0 Å². The highest BCUT2D eigenvalue weighted by Crippen LogP contribution is 2.89. The van der Waals surface area contributed by atoms with Gasteiger partial charge in [0.05, 0.1) is 31.0 Å². The molecule has 14 atom stereocenters. The summed E-state index contributed by atoms with van der Waals surface area (Å²) in [5.74, 6) is 2.02. The van der Waals surface area contributed by atoms with E-state index in [1.165, 1.54) is 38.5 Å². The molecule has 46 heavy (non-hydrogen) atoms. The number of morpholine rings is 1. The molecular formula is C38H62N2O6. The van der Waals surface area contributed by atoms with Gasteiger partial charge in [0, 0.05) is 31.6 Å². The zero-order valence-electron chi connectivity index (χ0n) is 29.7. The van der Waals surface area contributed by atoms with Gasteiger partial charge < -0.3 is 34.3 Å². The zero-order chi connectivity index (χ0) is 32.4. The molecule has 0 radical (unpaired) electrons. The van der Waals surface area contributed by atoms with Crippen LogP contribution in [0.5, 0.6) is 0 Å². The summed E-state index contributed by atoms with van der Waals surface area (Å²) in [6.07, 6.45) is 9.16. The lowest BCUT2D eigenvalue weighted by atomic mass is 9.41. The molecule has 8 nitrogen and oxygen atoms in total. The van der Waals surface area contributed by atoms with Crippen molar-refractivity contribution in [1.29, 1.82) is 0 Å². The molecule has 8 aliphatic rings. The maximum Gasteiger partial charge on any atom is 0.410 e. The molecule has 1 amide bonds. The number of carbonyl (C=O) groups excluding carboxylic acids is 1. The van der Waals surface area contributed by atoms with E-state index in [9.17, 15) is 9.90 Å². The van der Waals surface area contributed by atoms with Crippen LogP contribution in [0.2, 0.25) is 0 Å². The molecule has 0 aromatic carbocycles. The second-order valence-electron chi connectivity index (χ2n) is 18.6. The number of rotatable bonds is 5. The highest BCUT2D eigenvalue weighted by atomic mass is 16.7. The van der Waals surface area contributed by atoms with Gasteiger partial charge in [0.25, 0.3) is 0 Å². The van der Waals surface area contributed by atoms with Gasteiger partial charge in [-0.3, -0.25) is 0 Å². The van der Waals surface area contributed by atoms with Crippen LogP contribution in [0, 0.1) is 56.7 Å². The SMILES string of the molecule is CC(C)[C@@H](OC(=O)N1CCC1)C1C[C@@H](C)[C@H]2C(O1)[C@H](O)[C@@]1(C)C3CC[C@H]4C(C)(C)[C@@H](O[C@H]5CNCCO5)CCC45CC35CCC21C. The van der Waals surface area contributed by atoms with Crippen LogP contribution in [0.1, 0.15) is 106 Å². The van der Waals surface area contributed by atoms with Crippen molar-refractivity contribution in [2.24, 2.45) is 56.7 Å². The van der Waals surface area contributed by atoms with E-state index < -0.39 is 6.10 Å². The number of aliphatic hydroxyl groups excluding tert-OH is 1. The van der Waals surface area contributed by atoms with Crippen molar-refractivity contribution < 1.29 is 28.8 Å². The van der Waals surface area contributed by atoms with Gasteiger partial charge >= 0.3 is 6.09 Å². The van der Waals surface area contributed by atoms with Crippen molar-refractivity contribution in [2.45, 2.75) is 143 Å². The van der Waals surface area contributed by atoms with Crippen molar-refractivity contribution in [3.8, 4) is 0 Å². The Kier molecular flexibility index (Phi) is 7.57. The molecule has 0 bridgehead atoms. The molecule has 3 saturated heterocycles. The Hall–Kier alpha value is -0.930. The molecule has 8 rings (SSSR count). The number of nitrogens with one attached hydrogen (secondary N) is 1. The number of fused-ring (bicyclic) bond motifs is 4.